The summed E-state index contributed by atoms with van der Waals surface area (Å²) in [5, 5.41) is 3.47. The SMILES string of the molecule is CCOC(=O)N1CCC(NCCC(=O)N2CCC(C)CC2)CC1. The van der Waals surface area contributed by atoms with Gasteiger partial charge in [-0.25, -0.2) is 4.79 Å². The molecule has 2 rings (SSSR count). The molecule has 2 aliphatic rings. The molecule has 2 fully saturated rings. The maximum absolute atomic E-state index is 12.2. The quantitative estimate of drug-likeness (QED) is 0.838. The van der Waals surface area contributed by atoms with Gasteiger partial charge in [0.25, 0.3) is 0 Å². The number of hydrogen-bond donors (Lipinski definition) is 1. The highest BCUT2D eigenvalue weighted by atomic mass is 16.6. The third kappa shape index (κ3) is 5.68. The van der Waals surface area contributed by atoms with E-state index in [-0.39, 0.29) is 12.0 Å². The molecule has 6 nitrogen and oxygen atoms in total. The third-order valence-corrected chi connectivity index (χ3v) is 4.93. The molecule has 132 valence electrons. The van der Waals surface area contributed by atoms with Crippen LogP contribution in [0.15, 0.2) is 0 Å². The number of ether oxygens (including phenoxy) is 1. The van der Waals surface area contributed by atoms with E-state index in [1.165, 1.54) is 0 Å². The van der Waals surface area contributed by atoms with Gasteiger partial charge in [0, 0.05) is 45.2 Å². The van der Waals surface area contributed by atoms with Crippen LogP contribution >= 0.6 is 0 Å². The first-order valence-corrected chi connectivity index (χ1v) is 9.03. The number of carbonyl (C=O) groups excluding carboxylic acids is 2. The van der Waals surface area contributed by atoms with Crippen molar-refractivity contribution in [3.63, 3.8) is 0 Å². The van der Waals surface area contributed by atoms with E-state index < -0.39 is 0 Å². The van der Waals surface area contributed by atoms with Gasteiger partial charge in [-0.15, -0.1) is 0 Å². The minimum Gasteiger partial charge on any atom is -0.450 e. The van der Waals surface area contributed by atoms with Crippen molar-refractivity contribution in [2.75, 3.05) is 39.3 Å². The fourth-order valence-electron chi connectivity index (χ4n) is 3.28. The standard InChI is InChI=1S/C17H31N3O3/c1-3-23-17(22)20-12-7-15(8-13-20)18-9-4-16(21)19-10-5-14(2)6-11-19/h14-15,18H,3-13H2,1-2H3. The highest BCUT2D eigenvalue weighted by molar-refractivity contribution is 5.76. The summed E-state index contributed by atoms with van der Waals surface area (Å²) in [5.41, 5.74) is 0. The Morgan fingerprint density at radius 1 is 1.04 bits per heavy atom. The van der Waals surface area contributed by atoms with E-state index in [0.717, 1.165) is 64.3 Å². The van der Waals surface area contributed by atoms with E-state index in [0.29, 0.717) is 19.1 Å². The molecule has 0 radical (unpaired) electrons. The predicted octanol–water partition coefficient (Wildman–Crippen LogP) is 1.85. The van der Waals surface area contributed by atoms with E-state index in [9.17, 15) is 9.59 Å². The van der Waals surface area contributed by atoms with Crippen LogP contribution in [-0.2, 0) is 9.53 Å². The zero-order valence-electron chi connectivity index (χ0n) is 14.6. The molecule has 0 spiro atoms. The summed E-state index contributed by atoms with van der Waals surface area (Å²) in [7, 11) is 0. The number of carbonyl (C=O) groups is 2. The van der Waals surface area contributed by atoms with Gasteiger partial charge in [-0.05, 0) is 38.5 Å². The molecule has 0 unspecified atom stereocenters. The zero-order valence-corrected chi connectivity index (χ0v) is 14.6. The van der Waals surface area contributed by atoms with E-state index >= 15 is 0 Å². The fraction of sp³-hybridized carbons (Fsp3) is 0.882. The van der Waals surface area contributed by atoms with Crippen LogP contribution in [0.25, 0.3) is 0 Å². The normalized spacial score (nSPS) is 20.6. The van der Waals surface area contributed by atoms with Crippen LogP contribution in [-0.4, -0.2) is 67.2 Å². The number of amides is 2. The van der Waals surface area contributed by atoms with Crippen molar-refractivity contribution in [1.29, 1.82) is 0 Å². The number of piperidine rings is 2. The van der Waals surface area contributed by atoms with Crippen molar-refractivity contribution < 1.29 is 14.3 Å². The molecule has 1 N–H and O–H groups in total. The van der Waals surface area contributed by atoms with Crippen molar-refractivity contribution in [3.05, 3.63) is 0 Å². The molecule has 0 saturated carbocycles. The second kappa shape index (κ2) is 9.11. The van der Waals surface area contributed by atoms with Crippen molar-refractivity contribution >= 4 is 12.0 Å². The van der Waals surface area contributed by atoms with E-state index in [4.69, 9.17) is 4.74 Å². The summed E-state index contributed by atoms with van der Waals surface area (Å²) in [6.07, 6.45) is 4.48. The van der Waals surface area contributed by atoms with Crippen LogP contribution < -0.4 is 5.32 Å². The number of likely N-dealkylation sites (tertiary alicyclic amines) is 2. The fourth-order valence-corrected chi connectivity index (χ4v) is 3.28. The summed E-state index contributed by atoms with van der Waals surface area (Å²) in [6, 6.07) is 0.398. The molecule has 23 heavy (non-hydrogen) atoms. The highest BCUT2D eigenvalue weighted by Gasteiger charge is 2.24. The lowest BCUT2D eigenvalue weighted by atomic mass is 9.99. The van der Waals surface area contributed by atoms with Gasteiger partial charge in [-0.1, -0.05) is 6.92 Å². The first kappa shape index (κ1) is 18.0. The minimum atomic E-state index is -0.208. The second-order valence-corrected chi connectivity index (χ2v) is 6.73. The topological polar surface area (TPSA) is 61.9 Å². The average Bonchev–Trinajstić information content (AvgIpc) is 2.56. The lowest BCUT2D eigenvalue weighted by molar-refractivity contribution is -0.132. The van der Waals surface area contributed by atoms with Crippen LogP contribution in [0.4, 0.5) is 4.79 Å². The van der Waals surface area contributed by atoms with Gasteiger partial charge in [0.2, 0.25) is 5.91 Å². The van der Waals surface area contributed by atoms with E-state index in [1.54, 1.807) is 4.90 Å². The Hall–Kier alpha value is -1.30. The monoisotopic (exact) mass is 325 g/mol. The Labute approximate surface area is 139 Å². The van der Waals surface area contributed by atoms with Crippen LogP contribution in [0.2, 0.25) is 0 Å². The Morgan fingerprint density at radius 3 is 2.26 bits per heavy atom. The first-order chi connectivity index (χ1) is 11.1. The summed E-state index contributed by atoms with van der Waals surface area (Å²) in [4.78, 5) is 27.6. The molecular weight excluding hydrogens is 294 g/mol. The molecule has 2 heterocycles. The van der Waals surface area contributed by atoms with Crippen LogP contribution in [0.5, 0.6) is 0 Å². The molecular formula is C17H31N3O3. The highest BCUT2D eigenvalue weighted by Crippen LogP contribution is 2.16. The third-order valence-electron chi connectivity index (χ3n) is 4.93. The zero-order chi connectivity index (χ0) is 16.7. The Kier molecular flexibility index (Phi) is 7.15. The van der Waals surface area contributed by atoms with Gasteiger partial charge in [0.1, 0.15) is 0 Å². The number of nitrogens with zero attached hydrogens (tertiary/aromatic N) is 2. The van der Waals surface area contributed by atoms with Crippen molar-refractivity contribution in [3.8, 4) is 0 Å². The lowest BCUT2D eigenvalue weighted by Crippen LogP contribution is -2.46. The second-order valence-electron chi connectivity index (χ2n) is 6.73. The smallest absolute Gasteiger partial charge is 0.409 e. The number of nitrogens with one attached hydrogen (secondary N) is 1. The summed E-state index contributed by atoms with van der Waals surface area (Å²) >= 11 is 0. The molecule has 0 aromatic heterocycles. The van der Waals surface area contributed by atoms with Gasteiger partial charge in [0.05, 0.1) is 6.61 Å². The van der Waals surface area contributed by atoms with Crippen LogP contribution in [0.3, 0.4) is 0 Å². The van der Waals surface area contributed by atoms with Gasteiger partial charge in [-0.2, -0.15) is 0 Å². The van der Waals surface area contributed by atoms with Crippen LogP contribution in [0.1, 0.15) is 46.0 Å². The van der Waals surface area contributed by atoms with Gasteiger partial charge >= 0.3 is 6.09 Å². The Morgan fingerprint density at radius 2 is 1.65 bits per heavy atom. The molecule has 0 bridgehead atoms. The van der Waals surface area contributed by atoms with Crippen molar-refractivity contribution in [1.82, 2.24) is 15.1 Å². The number of rotatable bonds is 5. The average molecular weight is 325 g/mol. The van der Waals surface area contributed by atoms with Crippen molar-refractivity contribution in [2.45, 2.75) is 52.0 Å². The first-order valence-electron chi connectivity index (χ1n) is 9.03. The predicted molar refractivity (Wildman–Crippen MR) is 89.2 cm³/mol. The molecule has 0 aromatic rings. The molecule has 6 heteroatoms. The Balaban J connectivity index is 1.58. The van der Waals surface area contributed by atoms with E-state index in [1.807, 2.05) is 11.8 Å². The minimum absolute atomic E-state index is 0.208. The summed E-state index contributed by atoms with van der Waals surface area (Å²) in [6.45, 7) is 8.53. The maximum Gasteiger partial charge on any atom is 0.409 e. The van der Waals surface area contributed by atoms with Gasteiger partial charge in [-0.3, -0.25) is 4.79 Å². The summed E-state index contributed by atoms with van der Waals surface area (Å²) < 4.78 is 5.02. The van der Waals surface area contributed by atoms with Crippen LogP contribution in [0, 0.1) is 5.92 Å². The molecule has 2 amide bonds. The lowest BCUT2D eigenvalue weighted by Gasteiger charge is -2.32. The van der Waals surface area contributed by atoms with Crippen molar-refractivity contribution in [2.24, 2.45) is 5.92 Å². The molecule has 0 aliphatic carbocycles. The number of hydrogen-bond acceptors (Lipinski definition) is 4. The van der Waals surface area contributed by atoms with Gasteiger partial charge < -0.3 is 19.9 Å². The summed E-state index contributed by atoms with van der Waals surface area (Å²) in [5.74, 6) is 1.02. The largest absolute Gasteiger partial charge is 0.450 e. The Bertz CT molecular complexity index is 387. The maximum atomic E-state index is 12.2. The molecule has 2 saturated heterocycles. The molecule has 2 aliphatic heterocycles. The van der Waals surface area contributed by atoms with Gasteiger partial charge in [0.15, 0.2) is 0 Å². The van der Waals surface area contributed by atoms with E-state index in [2.05, 4.69) is 12.2 Å². The molecule has 0 aromatic carbocycles. The molecule has 0 atom stereocenters.